The molecule has 13 rings (SSSR count). The summed E-state index contributed by atoms with van der Waals surface area (Å²) < 4.78 is 6.96. The standard InChI is InChI=1S/C63H41NO/c1-4-20-43(21-5-1)49-27-15-17-33-58(49)64(48-37-38-52-51-28-14-16-32-56(51)63(57(52)40-48,46-23-6-2-7-24-46)47-25-8-3-9-26-47)59-41-55-61-50(45-36-35-42-19-10-11-22-44(42)39-45)31-18-34-60(61)65-62(55)54-30-13-12-29-53(54)59/h1-41H. The minimum atomic E-state index is -0.559. The van der Waals surface area contributed by atoms with Crippen molar-refractivity contribution in [2.24, 2.45) is 0 Å². The van der Waals surface area contributed by atoms with Crippen LogP contribution in [0.2, 0.25) is 0 Å². The molecule has 0 saturated carbocycles. The fourth-order valence-corrected chi connectivity index (χ4v) is 10.9. The molecule has 0 spiro atoms. The molecule has 11 aromatic carbocycles. The zero-order chi connectivity index (χ0) is 42.9. The number of benzene rings is 11. The Bertz CT molecular complexity index is 3730. The zero-order valence-electron chi connectivity index (χ0n) is 35.5. The summed E-state index contributed by atoms with van der Waals surface area (Å²) in [5.74, 6) is 0. The van der Waals surface area contributed by atoms with E-state index in [1.165, 1.54) is 44.2 Å². The Kier molecular flexibility index (Phi) is 8.47. The summed E-state index contributed by atoms with van der Waals surface area (Å²) >= 11 is 0. The molecule has 0 bridgehead atoms. The van der Waals surface area contributed by atoms with Crippen molar-refractivity contribution in [3.63, 3.8) is 0 Å². The molecule has 0 N–H and O–H groups in total. The van der Waals surface area contributed by atoms with Gasteiger partial charge in [0.15, 0.2) is 0 Å². The normalized spacial score (nSPS) is 12.7. The summed E-state index contributed by atoms with van der Waals surface area (Å²) in [5.41, 5.74) is 16.6. The molecule has 2 heteroatoms. The maximum Gasteiger partial charge on any atom is 0.143 e. The molecule has 0 atom stereocenters. The molecule has 12 aromatic rings. The first-order valence-corrected chi connectivity index (χ1v) is 22.4. The van der Waals surface area contributed by atoms with Gasteiger partial charge in [0, 0.05) is 32.8 Å². The van der Waals surface area contributed by atoms with Crippen molar-refractivity contribution in [3.05, 3.63) is 271 Å². The number of fused-ring (bicyclic) bond motifs is 9. The number of nitrogens with zero attached hydrogens (tertiary/aromatic N) is 1. The van der Waals surface area contributed by atoms with Crippen molar-refractivity contribution in [2.45, 2.75) is 5.41 Å². The van der Waals surface area contributed by atoms with Crippen LogP contribution in [0.5, 0.6) is 0 Å². The second kappa shape index (κ2) is 14.8. The van der Waals surface area contributed by atoms with E-state index in [1.54, 1.807) is 0 Å². The molecule has 0 saturated heterocycles. The number of hydrogen-bond acceptors (Lipinski definition) is 2. The summed E-state index contributed by atoms with van der Waals surface area (Å²) in [6.07, 6.45) is 0. The molecule has 1 aliphatic rings. The number of para-hydroxylation sites is 1. The highest BCUT2D eigenvalue weighted by atomic mass is 16.3. The van der Waals surface area contributed by atoms with Gasteiger partial charge in [-0.1, -0.05) is 212 Å². The van der Waals surface area contributed by atoms with Gasteiger partial charge in [0.25, 0.3) is 0 Å². The Hall–Kier alpha value is -8.46. The SMILES string of the molecule is c1ccc(-c2ccccc2N(c2ccc3c(c2)C(c2ccccc2)(c2ccccc2)c2ccccc2-3)c2cc3c(oc4cccc(-c5ccc6ccccc6c5)c43)c3ccccc23)cc1. The number of rotatable bonds is 7. The Balaban J connectivity index is 1.14. The van der Waals surface area contributed by atoms with E-state index in [-0.39, 0.29) is 0 Å². The van der Waals surface area contributed by atoms with Crippen molar-refractivity contribution >= 4 is 60.5 Å². The Labute approximate surface area is 377 Å². The molecule has 0 radical (unpaired) electrons. The van der Waals surface area contributed by atoms with Crippen LogP contribution in [0.3, 0.4) is 0 Å². The van der Waals surface area contributed by atoms with Gasteiger partial charge in [0.05, 0.1) is 16.8 Å². The van der Waals surface area contributed by atoms with E-state index in [2.05, 4.69) is 254 Å². The van der Waals surface area contributed by atoms with Crippen molar-refractivity contribution in [1.29, 1.82) is 0 Å². The second-order valence-electron chi connectivity index (χ2n) is 17.1. The molecule has 65 heavy (non-hydrogen) atoms. The van der Waals surface area contributed by atoms with Gasteiger partial charge in [-0.15, -0.1) is 0 Å². The van der Waals surface area contributed by atoms with E-state index in [1.807, 2.05) is 0 Å². The predicted molar refractivity (Wildman–Crippen MR) is 272 cm³/mol. The topological polar surface area (TPSA) is 16.4 Å². The lowest BCUT2D eigenvalue weighted by atomic mass is 9.67. The predicted octanol–water partition coefficient (Wildman–Crippen LogP) is 17.1. The maximum atomic E-state index is 6.96. The highest BCUT2D eigenvalue weighted by Crippen LogP contribution is 2.58. The van der Waals surface area contributed by atoms with Crippen LogP contribution in [0.1, 0.15) is 22.3 Å². The fourth-order valence-electron chi connectivity index (χ4n) is 10.9. The molecule has 0 fully saturated rings. The van der Waals surface area contributed by atoms with E-state index in [0.717, 1.165) is 72.0 Å². The monoisotopic (exact) mass is 827 g/mol. The molecule has 1 heterocycles. The third-order valence-electron chi connectivity index (χ3n) is 13.7. The van der Waals surface area contributed by atoms with Gasteiger partial charge in [-0.2, -0.15) is 0 Å². The largest absolute Gasteiger partial charge is 0.455 e. The third kappa shape index (κ3) is 5.67. The minimum Gasteiger partial charge on any atom is -0.455 e. The van der Waals surface area contributed by atoms with Crippen molar-refractivity contribution < 1.29 is 4.42 Å². The first kappa shape index (κ1) is 37.1. The Morgan fingerprint density at radius 1 is 0.338 bits per heavy atom. The van der Waals surface area contributed by atoms with Crippen LogP contribution in [0.25, 0.3) is 76.9 Å². The lowest BCUT2D eigenvalue weighted by Gasteiger charge is -2.35. The van der Waals surface area contributed by atoms with Crippen molar-refractivity contribution in [1.82, 2.24) is 0 Å². The lowest BCUT2D eigenvalue weighted by molar-refractivity contribution is 0.673. The highest BCUT2D eigenvalue weighted by molar-refractivity contribution is 6.23. The van der Waals surface area contributed by atoms with Crippen molar-refractivity contribution in [3.8, 4) is 33.4 Å². The van der Waals surface area contributed by atoms with E-state index < -0.39 is 5.41 Å². The van der Waals surface area contributed by atoms with Crippen LogP contribution < -0.4 is 4.90 Å². The third-order valence-corrected chi connectivity index (χ3v) is 13.7. The smallest absolute Gasteiger partial charge is 0.143 e. The van der Waals surface area contributed by atoms with Gasteiger partial charge in [-0.3, -0.25) is 0 Å². The molecule has 1 aromatic heterocycles. The molecular formula is C63H41NO. The second-order valence-corrected chi connectivity index (χ2v) is 17.1. The molecular weight excluding hydrogens is 787 g/mol. The first-order valence-electron chi connectivity index (χ1n) is 22.4. The number of furan rings is 1. The van der Waals surface area contributed by atoms with Crippen LogP contribution in [-0.2, 0) is 5.41 Å². The summed E-state index contributed by atoms with van der Waals surface area (Å²) in [6.45, 7) is 0. The lowest BCUT2D eigenvalue weighted by Crippen LogP contribution is -2.28. The van der Waals surface area contributed by atoms with Gasteiger partial charge in [-0.05, 0) is 97.2 Å². The molecule has 0 unspecified atom stereocenters. The molecule has 0 aliphatic heterocycles. The van der Waals surface area contributed by atoms with E-state index in [9.17, 15) is 0 Å². The van der Waals surface area contributed by atoms with Gasteiger partial charge < -0.3 is 9.32 Å². The van der Waals surface area contributed by atoms with E-state index >= 15 is 0 Å². The van der Waals surface area contributed by atoms with Crippen LogP contribution >= 0.6 is 0 Å². The summed E-state index contributed by atoms with van der Waals surface area (Å²) in [6, 6.07) is 90.9. The highest BCUT2D eigenvalue weighted by Gasteiger charge is 2.46. The summed E-state index contributed by atoms with van der Waals surface area (Å²) in [4.78, 5) is 2.51. The Morgan fingerprint density at radius 3 is 1.74 bits per heavy atom. The van der Waals surface area contributed by atoms with Crippen LogP contribution in [0.4, 0.5) is 17.1 Å². The van der Waals surface area contributed by atoms with Crippen LogP contribution in [0.15, 0.2) is 253 Å². The first-order chi connectivity index (χ1) is 32.3. The van der Waals surface area contributed by atoms with Gasteiger partial charge in [0.1, 0.15) is 11.2 Å². The summed E-state index contributed by atoms with van der Waals surface area (Å²) in [7, 11) is 0. The van der Waals surface area contributed by atoms with E-state index in [4.69, 9.17) is 4.42 Å². The maximum absolute atomic E-state index is 6.96. The van der Waals surface area contributed by atoms with Crippen LogP contribution in [-0.4, -0.2) is 0 Å². The Morgan fingerprint density at radius 2 is 0.954 bits per heavy atom. The summed E-state index contributed by atoms with van der Waals surface area (Å²) in [5, 5.41) is 6.80. The average Bonchev–Trinajstić information content (AvgIpc) is 3.91. The molecule has 1 aliphatic carbocycles. The zero-order valence-corrected chi connectivity index (χ0v) is 35.5. The number of anilines is 3. The van der Waals surface area contributed by atoms with Gasteiger partial charge in [-0.25, -0.2) is 0 Å². The van der Waals surface area contributed by atoms with Crippen LogP contribution in [0, 0.1) is 0 Å². The molecule has 0 amide bonds. The number of hydrogen-bond donors (Lipinski definition) is 0. The average molecular weight is 828 g/mol. The molecule has 304 valence electrons. The minimum absolute atomic E-state index is 0.559. The molecule has 2 nitrogen and oxygen atoms in total. The quantitative estimate of drug-likeness (QED) is 0.159. The van der Waals surface area contributed by atoms with E-state index in [0.29, 0.717) is 0 Å². The van der Waals surface area contributed by atoms with Gasteiger partial charge in [0.2, 0.25) is 0 Å². The van der Waals surface area contributed by atoms with Crippen molar-refractivity contribution in [2.75, 3.05) is 4.90 Å². The van der Waals surface area contributed by atoms with Gasteiger partial charge >= 0.3 is 0 Å². The fraction of sp³-hybridized carbons (Fsp3) is 0.0159.